The van der Waals surface area contributed by atoms with Crippen LogP contribution in [0.15, 0.2) is 6.07 Å². The van der Waals surface area contributed by atoms with Gasteiger partial charge in [0.05, 0.1) is 7.11 Å². The molecule has 0 saturated heterocycles. The summed E-state index contributed by atoms with van der Waals surface area (Å²) in [4.78, 5) is 0. The van der Waals surface area contributed by atoms with E-state index < -0.39 is 0 Å². The molecular weight excluding hydrogens is 198 g/mol. The lowest BCUT2D eigenvalue weighted by Gasteiger charge is -2.22. The van der Waals surface area contributed by atoms with Crippen molar-refractivity contribution in [1.29, 1.82) is 0 Å². The van der Waals surface area contributed by atoms with E-state index in [2.05, 4.69) is 40.7 Å². The molecule has 16 heavy (non-hydrogen) atoms. The van der Waals surface area contributed by atoms with Gasteiger partial charge in [-0.05, 0) is 48.9 Å². The monoisotopic (exact) mass is 221 g/mol. The molecular formula is C14H23NO. The minimum Gasteiger partial charge on any atom is -0.496 e. The Morgan fingerprint density at radius 3 is 2.12 bits per heavy atom. The fourth-order valence-electron chi connectivity index (χ4n) is 2.11. The predicted octanol–water partition coefficient (Wildman–Crippen LogP) is 3.28. The molecule has 0 radical (unpaired) electrons. The highest BCUT2D eigenvalue weighted by molar-refractivity contribution is 5.49. The first-order chi connectivity index (χ1) is 7.40. The Kier molecular flexibility index (Phi) is 3.98. The summed E-state index contributed by atoms with van der Waals surface area (Å²) >= 11 is 0. The molecule has 0 saturated carbocycles. The topological polar surface area (TPSA) is 35.2 Å². The van der Waals surface area contributed by atoms with Gasteiger partial charge >= 0.3 is 0 Å². The first-order valence-corrected chi connectivity index (χ1v) is 5.80. The second kappa shape index (κ2) is 4.88. The van der Waals surface area contributed by atoms with Crippen LogP contribution in [-0.2, 0) is 0 Å². The average Bonchev–Trinajstić information content (AvgIpc) is 2.23. The van der Waals surface area contributed by atoms with Crippen molar-refractivity contribution in [2.75, 3.05) is 7.11 Å². The Morgan fingerprint density at radius 1 is 1.12 bits per heavy atom. The average molecular weight is 221 g/mol. The third-order valence-corrected chi connectivity index (χ3v) is 3.35. The van der Waals surface area contributed by atoms with Gasteiger partial charge in [-0.15, -0.1) is 0 Å². The molecule has 1 atom stereocenters. The molecule has 0 amide bonds. The molecule has 2 nitrogen and oxygen atoms in total. The van der Waals surface area contributed by atoms with E-state index in [-0.39, 0.29) is 6.04 Å². The van der Waals surface area contributed by atoms with Crippen molar-refractivity contribution in [2.24, 2.45) is 11.7 Å². The lowest BCUT2D eigenvalue weighted by atomic mass is 9.89. The molecule has 0 heterocycles. The number of hydrogen-bond donors (Lipinski definition) is 1. The smallest absolute Gasteiger partial charge is 0.124 e. The van der Waals surface area contributed by atoms with Crippen LogP contribution >= 0.6 is 0 Å². The third kappa shape index (κ3) is 2.22. The number of hydrogen-bond acceptors (Lipinski definition) is 2. The van der Waals surface area contributed by atoms with E-state index >= 15 is 0 Å². The van der Waals surface area contributed by atoms with Crippen LogP contribution in [0.3, 0.4) is 0 Å². The molecule has 0 aliphatic rings. The van der Waals surface area contributed by atoms with Gasteiger partial charge in [-0.3, -0.25) is 0 Å². The number of rotatable bonds is 3. The van der Waals surface area contributed by atoms with E-state index in [9.17, 15) is 0 Å². The van der Waals surface area contributed by atoms with E-state index in [1.54, 1.807) is 7.11 Å². The number of nitrogens with two attached hydrogens (primary N) is 1. The van der Waals surface area contributed by atoms with Crippen LogP contribution in [0, 0.1) is 26.7 Å². The fourth-order valence-corrected chi connectivity index (χ4v) is 2.11. The molecule has 1 aromatic carbocycles. The summed E-state index contributed by atoms with van der Waals surface area (Å²) in [6, 6.07) is 2.26. The molecule has 2 N–H and O–H groups in total. The Morgan fingerprint density at radius 2 is 1.69 bits per heavy atom. The van der Waals surface area contributed by atoms with Crippen LogP contribution < -0.4 is 10.5 Å². The van der Waals surface area contributed by atoms with Gasteiger partial charge in [-0.1, -0.05) is 19.9 Å². The van der Waals surface area contributed by atoms with Crippen molar-refractivity contribution in [1.82, 2.24) is 0 Å². The van der Waals surface area contributed by atoms with Gasteiger partial charge in [0, 0.05) is 6.04 Å². The Bertz CT molecular complexity index is 383. The molecule has 0 bridgehead atoms. The minimum absolute atomic E-state index is 0.100. The standard InChI is InChI=1S/C14H23NO/c1-8(2)13(15)12-7-9(3)14(16-6)11(5)10(12)4/h7-8,13H,15H2,1-6H3. The lowest BCUT2D eigenvalue weighted by Crippen LogP contribution is -2.18. The second-order valence-corrected chi connectivity index (χ2v) is 4.84. The van der Waals surface area contributed by atoms with Crippen molar-refractivity contribution < 1.29 is 4.74 Å². The van der Waals surface area contributed by atoms with Crippen molar-refractivity contribution >= 4 is 0 Å². The van der Waals surface area contributed by atoms with Crippen LogP contribution in [0.25, 0.3) is 0 Å². The molecule has 0 spiro atoms. The van der Waals surface area contributed by atoms with E-state index in [1.807, 2.05) is 0 Å². The molecule has 1 aromatic rings. The van der Waals surface area contributed by atoms with Crippen LogP contribution in [0.5, 0.6) is 5.75 Å². The quantitative estimate of drug-likeness (QED) is 0.850. The Labute approximate surface area is 98.8 Å². The van der Waals surface area contributed by atoms with E-state index in [0.29, 0.717) is 5.92 Å². The van der Waals surface area contributed by atoms with Gasteiger partial charge in [0.1, 0.15) is 5.75 Å². The Balaban J connectivity index is 3.34. The number of aryl methyl sites for hydroxylation is 1. The third-order valence-electron chi connectivity index (χ3n) is 3.35. The molecule has 1 unspecified atom stereocenters. The van der Waals surface area contributed by atoms with E-state index in [0.717, 1.165) is 11.3 Å². The maximum absolute atomic E-state index is 6.23. The largest absolute Gasteiger partial charge is 0.496 e. The molecule has 2 heteroatoms. The number of ether oxygens (including phenoxy) is 1. The minimum atomic E-state index is 0.100. The molecule has 0 fully saturated rings. The fraction of sp³-hybridized carbons (Fsp3) is 0.571. The number of benzene rings is 1. The van der Waals surface area contributed by atoms with Crippen LogP contribution in [0.1, 0.15) is 42.1 Å². The first kappa shape index (κ1) is 13.0. The highest BCUT2D eigenvalue weighted by Crippen LogP contribution is 2.32. The zero-order valence-corrected chi connectivity index (χ0v) is 11.2. The number of methoxy groups -OCH3 is 1. The summed E-state index contributed by atoms with van der Waals surface area (Å²) in [7, 11) is 1.72. The SMILES string of the molecule is COc1c(C)cc(C(N)C(C)C)c(C)c1C. The maximum atomic E-state index is 6.23. The van der Waals surface area contributed by atoms with E-state index in [4.69, 9.17) is 10.5 Å². The normalized spacial score (nSPS) is 13.0. The van der Waals surface area contributed by atoms with Gasteiger partial charge in [-0.25, -0.2) is 0 Å². The van der Waals surface area contributed by atoms with Crippen molar-refractivity contribution in [3.05, 3.63) is 28.3 Å². The first-order valence-electron chi connectivity index (χ1n) is 5.80. The summed E-state index contributed by atoms with van der Waals surface area (Å²) < 4.78 is 5.41. The summed E-state index contributed by atoms with van der Waals surface area (Å²) in [6.45, 7) is 10.6. The van der Waals surface area contributed by atoms with Crippen LogP contribution in [-0.4, -0.2) is 7.11 Å². The van der Waals surface area contributed by atoms with Gasteiger partial charge in [0.2, 0.25) is 0 Å². The van der Waals surface area contributed by atoms with Crippen LogP contribution in [0.4, 0.5) is 0 Å². The molecule has 1 rings (SSSR count). The van der Waals surface area contributed by atoms with Gasteiger partial charge in [-0.2, -0.15) is 0 Å². The Hall–Kier alpha value is -1.02. The predicted molar refractivity (Wildman–Crippen MR) is 69.0 cm³/mol. The maximum Gasteiger partial charge on any atom is 0.124 e. The summed E-state index contributed by atoms with van der Waals surface area (Å²) in [6.07, 6.45) is 0. The van der Waals surface area contributed by atoms with E-state index in [1.165, 1.54) is 16.7 Å². The van der Waals surface area contributed by atoms with Crippen molar-refractivity contribution in [2.45, 2.75) is 40.7 Å². The zero-order chi connectivity index (χ0) is 12.5. The molecule has 0 aliphatic carbocycles. The second-order valence-electron chi connectivity index (χ2n) is 4.84. The van der Waals surface area contributed by atoms with Gasteiger partial charge in [0.15, 0.2) is 0 Å². The summed E-state index contributed by atoms with van der Waals surface area (Å²) in [5.41, 5.74) is 11.1. The summed E-state index contributed by atoms with van der Waals surface area (Å²) in [5, 5.41) is 0. The zero-order valence-electron chi connectivity index (χ0n) is 11.2. The summed E-state index contributed by atoms with van der Waals surface area (Å²) in [5.74, 6) is 1.43. The molecule has 0 aliphatic heterocycles. The van der Waals surface area contributed by atoms with Gasteiger partial charge < -0.3 is 10.5 Å². The van der Waals surface area contributed by atoms with Gasteiger partial charge in [0.25, 0.3) is 0 Å². The highest BCUT2D eigenvalue weighted by Gasteiger charge is 2.17. The molecule has 0 aromatic heterocycles. The molecule has 90 valence electrons. The van der Waals surface area contributed by atoms with Crippen LogP contribution in [0.2, 0.25) is 0 Å². The highest BCUT2D eigenvalue weighted by atomic mass is 16.5. The van der Waals surface area contributed by atoms with Crippen molar-refractivity contribution in [3.8, 4) is 5.75 Å². The lowest BCUT2D eigenvalue weighted by molar-refractivity contribution is 0.407. The van der Waals surface area contributed by atoms with Crippen molar-refractivity contribution in [3.63, 3.8) is 0 Å².